The highest BCUT2D eigenvalue weighted by Gasteiger charge is 2.13. The van der Waals surface area contributed by atoms with E-state index in [0.29, 0.717) is 13.0 Å². The van der Waals surface area contributed by atoms with E-state index in [4.69, 9.17) is 4.74 Å². The fourth-order valence-corrected chi connectivity index (χ4v) is 2.63. The van der Waals surface area contributed by atoms with Crippen molar-refractivity contribution in [1.29, 1.82) is 0 Å². The van der Waals surface area contributed by atoms with E-state index in [0.717, 1.165) is 20.9 Å². The molecule has 0 N–H and O–H groups in total. The van der Waals surface area contributed by atoms with Crippen LogP contribution in [0.4, 0.5) is 0 Å². The third-order valence-corrected chi connectivity index (χ3v) is 3.72. The number of carbonyl (C=O) groups excluding carboxylic acids is 1. The SMILES string of the molecule is COC(=O)Cc1cn(CCC[N+](=O)[O-])c2ccc(Br)cc12. The molecule has 1 aromatic carbocycles. The van der Waals surface area contributed by atoms with Crippen LogP contribution >= 0.6 is 15.9 Å². The Hall–Kier alpha value is -1.89. The molecule has 0 radical (unpaired) electrons. The number of halogens is 1. The van der Waals surface area contributed by atoms with E-state index in [1.165, 1.54) is 7.11 Å². The zero-order valence-corrected chi connectivity index (χ0v) is 13.1. The summed E-state index contributed by atoms with van der Waals surface area (Å²) in [6.07, 6.45) is 2.50. The van der Waals surface area contributed by atoms with Crippen LogP contribution < -0.4 is 0 Å². The summed E-state index contributed by atoms with van der Waals surface area (Å²) in [5, 5.41) is 11.4. The molecule has 2 aromatic rings. The molecule has 0 unspecified atom stereocenters. The van der Waals surface area contributed by atoms with Gasteiger partial charge in [-0.3, -0.25) is 14.9 Å². The number of nitrogens with zero attached hydrogens (tertiary/aromatic N) is 2. The Morgan fingerprint density at radius 1 is 1.48 bits per heavy atom. The van der Waals surface area contributed by atoms with Crippen LogP contribution in [0.5, 0.6) is 0 Å². The smallest absolute Gasteiger partial charge is 0.310 e. The Bertz CT molecular complexity index is 681. The first kappa shape index (κ1) is 15.5. The molecular formula is C14H15BrN2O4. The lowest BCUT2D eigenvalue weighted by molar-refractivity contribution is -0.480. The van der Waals surface area contributed by atoms with Gasteiger partial charge in [-0.25, -0.2) is 0 Å². The van der Waals surface area contributed by atoms with Crippen molar-refractivity contribution in [3.8, 4) is 0 Å². The fraction of sp³-hybridized carbons (Fsp3) is 0.357. The highest BCUT2D eigenvalue weighted by molar-refractivity contribution is 9.10. The van der Waals surface area contributed by atoms with E-state index >= 15 is 0 Å². The van der Waals surface area contributed by atoms with Gasteiger partial charge in [0, 0.05) is 39.5 Å². The number of fused-ring (bicyclic) bond motifs is 1. The van der Waals surface area contributed by atoms with Crippen molar-refractivity contribution in [3.05, 3.63) is 44.5 Å². The molecule has 0 aliphatic carbocycles. The third-order valence-electron chi connectivity index (χ3n) is 3.23. The van der Waals surface area contributed by atoms with Gasteiger partial charge in [0.1, 0.15) is 0 Å². The number of hydrogen-bond acceptors (Lipinski definition) is 4. The Kier molecular flexibility index (Phi) is 4.95. The maximum atomic E-state index is 11.5. The molecule has 6 nitrogen and oxygen atoms in total. The van der Waals surface area contributed by atoms with E-state index < -0.39 is 0 Å². The number of esters is 1. The maximum Gasteiger partial charge on any atom is 0.310 e. The van der Waals surface area contributed by atoms with E-state index in [-0.39, 0.29) is 23.9 Å². The number of hydrogen-bond donors (Lipinski definition) is 0. The molecular weight excluding hydrogens is 340 g/mol. The Morgan fingerprint density at radius 3 is 2.90 bits per heavy atom. The van der Waals surface area contributed by atoms with Gasteiger partial charge in [-0.05, 0) is 23.8 Å². The number of rotatable bonds is 6. The van der Waals surface area contributed by atoms with Gasteiger partial charge in [0.25, 0.3) is 0 Å². The summed E-state index contributed by atoms with van der Waals surface area (Å²) in [5.41, 5.74) is 1.82. The highest BCUT2D eigenvalue weighted by atomic mass is 79.9. The van der Waals surface area contributed by atoms with Gasteiger partial charge in [0.15, 0.2) is 0 Å². The number of nitro groups is 1. The predicted molar refractivity (Wildman–Crippen MR) is 81.8 cm³/mol. The molecule has 0 bridgehead atoms. The van der Waals surface area contributed by atoms with Gasteiger partial charge < -0.3 is 9.30 Å². The topological polar surface area (TPSA) is 74.4 Å². The van der Waals surface area contributed by atoms with Crippen molar-refractivity contribution in [2.24, 2.45) is 0 Å². The minimum absolute atomic E-state index is 0.0669. The van der Waals surface area contributed by atoms with Gasteiger partial charge in [-0.1, -0.05) is 15.9 Å². The zero-order chi connectivity index (χ0) is 15.4. The predicted octanol–water partition coefficient (Wildman–Crippen LogP) is 2.79. The van der Waals surface area contributed by atoms with Crippen molar-refractivity contribution in [2.45, 2.75) is 19.4 Å². The van der Waals surface area contributed by atoms with Crippen molar-refractivity contribution in [1.82, 2.24) is 4.57 Å². The van der Waals surface area contributed by atoms with Crippen molar-refractivity contribution >= 4 is 32.8 Å². The van der Waals surface area contributed by atoms with Crippen molar-refractivity contribution in [3.63, 3.8) is 0 Å². The number of carbonyl (C=O) groups is 1. The average Bonchev–Trinajstić information content (AvgIpc) is 2.76. The Labute approximate surface area is 130 Å². The lowest BCUT2D eigenvalue weighted by Gasteiger charge is -2.03. The standard InChI is InChI=1S/C14H15BrN2O4/c1-21-14(18)7-10-9-16(5-2-6-17(19)20)13-4-3-11(15)8-12(10)13/h3-4,8-9H,2,5-7H2,1H3. The number of benzene rings is 1. The lowest BCUT2D eigenvalue weighted by atomic mass is 10.1. The van der Waals surface area contributed by atoms with Crippen LogP contribution in [0.3, 0.4) is 0 Å². The second-order valence-electron chi connectivity index (χ2n) is 4.67. The largest absolute Gasteiger partial charge is 0.469 e. The van der Waals surface area contributed by atoms with Gasteiger partial charge in [-0.15, -0.1) is 0 Å². The first-order valence-electron chi connectivity index (χ1n) is 6.47. The van der Waals surface area contributed by atoms with Crippen LogP contribution in [0.15, 0.2) is 28.9 Å². The molecule has 21 heavy (non-hydrogen) atoms. The molecule has 1 aromatic heterocycles. The fourth-order valence-electron chi connectivity index (χ4n) is 2.27. The van der Waals surface area contributed by atoms with E-state index in [1.54, 1.807) is 0 Å². The summed E-state index contributed by atoms with van der Waals surface area (Å²) in [4.78, 5) is 21.6. The maximum absolute atomic E-state index is 11.5. The highest BCUT2D eigenvalue weighted by Crippen LogP contribution is 2.26. The molecule has 0 amide bonds. The Balaban J connectivity index is 2.32. The van der Waals surface area contributed by atoms with Crippen LogP contribution in [-0.4, -0.2) is 29.1 Å². The summed E-state index contributed by atoms with van der Waals surface area (Å²) >= 11 is 3.42. The minimum Gasteiger partial charge on any atom is -0.469 e. The average molecular weight is 355 g/mol. The van der Waals surface area contributed by atoms with Crippen molar-refractivity contribution < 1.29 is 14.5 Å². The summed E-state index contributed by atoms with van der Waals surface area (Å²) in [5.74, 6) is -0.306. The van der Waals surface area contributed by atoms with Gasteiger partial charge >= 0.3 is 5.97 Å². The summed E-state index contributed by atoms with van der Waals surface area (Å²) in [7, 11) is 1.36. The van der Waals surface area contributed by atoms with E-state index in [1.807, 2.05) is 29.0 Å². The molecule has 0 atom stereocenters. The quantitative estimate of drug-likeness (QED) is 0.454. The molecule has 0 aliphatic heterocycles. The van der Waals surface area contributed by atoms with Gasteiger partial charge in [0.05, 0.1) is 13.5 Å². The first-order valence-corrected chi connectivity index (χ1v) is 7.26. The number of methoxy groups -OCH3 is 1. The summed E-state index contributed by atoms with van der Waals surface area (Å²) in [6.45, 7) is 0.475. The van der Waals surface area contributed by atoms with Gasteiger partial charge in [-0.2, -0.15) is 0 Å². The molecule has 0 aliphatic rings. The van der Waals surface area contributed by atoms with E-state index in [2.05, 4.69) is 15.9 Å². The van der Waals surface area contributed by atoms with Crippen LogP contribution in [0.1, 0.15) is 12.0 Å². The molecule has 1 heterocycles. The molecule has 0 saturated heterocycles. The van der Waals surface area contributed by atoms with Crippen LogP contribution in [0.2, 0.25) is 0 Å². The second kappa shape index (κ2) is 6.71. The first-order chi connectivity index (χ1) is 10.0. The van der Waals surface area contributed by atoms with Gasteiger partial charge in [0.2, 0.25) is 6.54 Å². The van der Waals surface area contributed by atoms with Crippen LogP contribution in [0, 0.1) is 10.1 Å². The molecule has 0 saturated carbocycles. The van der Waals surface area contributed by atoms with Crippen molar-refractivity contribution in [2.75, 3.05) is 13.7 Å². The third kappa shape index (κ3) is 3.81. The molecule has 0 fully saturated rings. The molecule has 2 rings (SSSR count). The summed E-state index contributed by atoms with van der Waals surface area (Å²) in [6, 6.07) is 5.79. The van der Waals surface area contributed by atoms with Crippen LogP contribution in [-0.2, 0) is 22.5 Å². The zero-order valence-electron chi connectivity index (χ0n) is 11.5. The lowest BCUT2D eigenvalue weighted by Crippen LogP contribution is -2.06. The second-order valence-corrected chi connectivity index (χ2v) is 5.59. The molecule has 0 spiro atoms. The minimum atomic E-state index is -0.322. The summed E-state index contributed by atoms with van der Waals surface area (Å²) < 4.78 is 7.57. The monoisotopic (exact) mass is 354 g/mol. The molecule has 7 heteroatoms. The van der Waals surface area contributed by atoms with E-state index in [9.17, 15) is 14.9 Å². The number of aryl methyl sites for hydroxylation is 1. The molecule has 112 valence electrons. The van der Waals surface area contributed by atoms with Crippen LogP contribution in [0.25, 0.3) is 10.9 Å². The number of aromatic nitrogens is 1. The number of ether oxygens (including phenoxy) is 1. The Morgan fingerprint density at radius 2 is 2.24 bits per heavy atom. The normalized spacial score (nSPS) is 10.8.